The number of carbonyl (C=O) groups excluding carboxylic acids is 1. The molecule has 1 aliphatic carbocycles. The molecule has 1 N–H and O–H groups in total. The Balaban J connectivity index is 1.61. The van der Waals surface area contributed by atoms with Gasteiger partial charge in [0.05, 0.1) is 28.8 Å². The van der Waals surface area contributed by atoms with Gasteiger partial charge in [-0.1, -0.05) is 29.2 Å². The van der Waals surface area contributed by atoms with Crippen LogP contribution < -0.4 is 5.32 Å². The third-order valence-electron chi connectivity index (χ3n) is 6.97. The summed E-state index contributed by atoms with van der Waals surface area (Å²) in [6.07, 6.45) is -8.82. The highest BCUT2D eigenvalue weighted by molar-refractivity contribution is 6.30. The van der Waals surface area contributed by atoms with Gasteiger partial charge < -0.3 is 10.2 Å². The SMILES string of the molecule is Cc1cc(C2=NO[C@@](c3cc(C(F)(F)F)cc(Cl)c3F)(C(F)(F)F)C2)ccc1C(=O)N[C@@H]1CCC[C@H](C#N)C1. The van der Waals surface area contributed by atoms with Gasteiger partial charge in [-0.3, -0.25) is 4.79 Å². The molecule has 1 heterocycles. The van der Waals surface area contributed by atoms with Gasteiger partial charge in [-0.2, -0.15) is 31.6 Å². The first-order chi connectivity index (χ1) is 18.2. The molecular weight excluding hydrogens is 555 g/mol. The van der Waals surface area contributed by atoms with Gasteiger partial charge in [0.25, 0.3) is 11.5 Å². The van der Waals surface area contributed by atoms with Crippen LogP contribution in [-0.2, 0) is 16.6 Å². The molecule has 2 aliphatic rings. The van der Waals surface area contributed by atoms with Crippen molar-refractivity contribution in [1.29, 1.82) is 5.26 Å². The van der Waals surface area contributed by atoms with Gasteiger partial charge in [-0.25, -0.2) is 4.39 Å². The first-order valence-corrected chi connectivity index (χ1v) is 12.2. The fourth-order valence-electron chi connectivity index (χ4n) is 4.88. The lowest BCUT2D eigenvalue weighted by Crippen LogP contribution is -2.43. The molecule has 0 unspecified atom stereocenters. The van der Waals surface area contributed by atoms with Crippen LogP contribution in [0.15, 0.2) is 35.5 Å². The molecular formula is C26H21ClF7N3O2. The van der Waals surface area contributed by atoms with Gasteiger partial charge in [0.2, 0.25) is 0 Å². The number of aryl methyl sites for hydroxylation is 1. The van der Waals surface area contributed by atoms with Crippen LogP contribution in [0.3, 0.4) is 0 Å². The Morgan fingerprint density at radius 3 is 2.51 bits per heavy atom. The summed E-state index contributed by atoms with van der Waals surface area (Å²) in [7, 11) is 0. The number of nitrogens with zero attached hydrogens (tertiary/aromatic N) is 2. The van der Waals surface area contributed by atoms with E-state index in [0.29, 0.717) is 18.4 Å². The number of alkyl halides is 6. The van der Waals surface area contributed by atoms with Crippen molar-refractivity contribution in [3.63, 3.8) is 0 Å². The molecule has 3 atom stereocenters. The van der Waals surface area contributed by atoms with Crippen molar-refractivity contribution < 1.29 is 40.4 Å². The van der Waals surface area contributed by atoms with Crippen molar-refractivity contribution >= 4 is 23.2 Å². The summed E-state index contributed by atoms with van der Waals surface area (Å²) in [6, 6.07) is 6.32. The molecule has 1 amide bonds. The number of carbonyl (C=O) groups is 1. The summed E-state index contributed by atoms with van der Waals surface area (Å²) >= 11 is 5.53. The first kappa shape index (κ1) is 28.7. The Labute approximate surface area is 223 Å². The lowest BCUT2D eigenvalue weighted by Gasteiger charge is -2.30. The van der Waals surface area contributed by atoms with E-state index < -0.39 is 52.2 Å². The van der Waals surface area contributed by atoms with Gasteiger partial charge >= 0.3 is 12.4 Å². The maximum atomic E-state index is 14.8. The summed E-state index contributed by atoms with van der Waals surface area (Å²) in [5.74, 6) is -2.28. The summed E-state index contributed by atoms with van der Waals surface area (Å²) in [6.45, 7) is 1.55. The number of nitrogens with one attached hydrogen (secondary N) is 1. The lowest BCUT2D eigenvalue weighted by molar-refractivity contribution is -0.276. The van der Waals surface area contributed by atoms with Gasteiger partial charge in [0.1, 0.15) is 5.82 Å². The number of nitriles is 1. The molecule has 0 radical (unpaired) electrons. The van der Waals surface area contributed by atoms with E-state index in [0.717, 1.165) is 12.8 Å². The van der Waals surface area contributed by atoms with E-state index in [-0.39, 0.29) is 40.9 Å². The Kier molecular flexibility index (Phi) is 7.60. The Morgan fingerprint density at radius 2 is 1.90 bits per heavy atom. The minimum Gasteiger partial charge on any atom is -0.374 e. The second-order valence-corrected chi connectivity index (χ2v) is 10.0. The van der Waals surface area contributed by atoms with Gasteiger partial charge in [0.15, 0.2) is 0 Å². The average molecular weight is 576 g/mol. The van der Waals surface area contributed by atoms with Crippen molar-refractivity contribution in [2.75, 3.05) is 0 Å². The normalized spacial score (nSPS) is 23.5. The molecule has 208 valence electrons. The highest BCUT2D eigenvalue weighted by atomic mass is 35.5. The van der Waals surface area contributed by atoms with Gasteiger partial charge in [-0.05, 0) is 61.6 Å². The molecule has 0 saturated heterocycles. The molecule has 5 nitrogen and oxygen atoms in total. The molecule has 1 aliphatic heterocycles. The highest BCUT2D eigenvalue weighted by Gasteiger charge is 2.64. The monoisotopic (exact) mass is 575 g/mol. The Morgan fingerprint density at radius 1 is 1.18 bits per heavy atom. The summed E-state index contributed by atoms with van der Waals surface area (Å²) in [4.78, 5) is 17.5. The number of amides is 1. The lowest BCUT2D eigenvalue weighted by atomic mass is 9.85. The number of hydrogen-bond donors (Lipinski definition) is 1. The van der Waals surface area contributed by atoms with Crippen molar-refractivity contribution in [3.05, 3.63) is 69.0 Å². The highest BCUT2D eigenvalue weighted by Crippen LogP contribution is 2.51. The Hall–Kier alpha value is -3.33. The summed E-state index contributed by atoms with van der Waals surface area (Å²) in [5.41, 5.74) is -6.14. The largest absolute Gasteiger partial charge is 0.435 e. The zero-order valence-electron chi connectivity index (χ0n) is 20.3. The van der Waals surface area contributed by atoms with E-state index in [2.05, 4.69) is 16.5 Å². The van der Waals surface area contributed by atoms with Crippen molar-refractivity contribution in [2.24, 2.45) is 11.1 Å². The second-order valence-electron chi connectivity index (χ2n) is 9.64. The van der Waals surface area contributed by atoms with Gasteiger partial charge in [0, 0.05) is 23.1 Å². The van der Waals surface area contributed by atoms with E-state index in [9.17, 15) is 35.5 Å². The Bertz CT molecular complexity index is 1370. The van der Waals surface area contributed by atoms with Crippen LogP contribution in [0.25, 0.3) is 0 Å². The van der Waals surface area contributed by atoms with E-state index in [1.54, 1.807) is 6.92 Å². The predicted molar refractivity (Wildman–Crippen MR) is 126 cm³/mol. The topological polar surface area (TPSA) is 74.5 Å². The molecule has 39 heavy (non-hydrogen) atoms. The van der Waals surface area contributed by atoms with Crippen LogP contribution in [0.1, 0.15) is 64.7 Å². The smallest absolute Gasteiger partial charge is 0.374 e. The van der Waals surface area contributed by atoms with E-state index in [4.69, 9.17) is 21.7 Å². The number of benzene rings is 2. The third kappa shape index (κ3) is 5.55. The van der Waals surface area contributed by atoms with Crippen LogP contribution >= 0.6 is 11.6 Å². The van der Waals surface area contributed by atoms with Crippen molar-refractivity contribution in [2.45, 2.75) is 63.0 Å². The van der Waals surface area contributed by atoms with Crippen LogP contribution in [0.2, 0.25) is 5.02 Å². The fourth-order valence-corrected chi connectivity index (χ4v) is 5.10. The van der Waals surface area contributed by atoms with Crippen LogP contribution in [0.4, 0.5) is 30.7 Å². The fraction of sp³-hybridized carbons (Fsp3) is 0.423. The van der Waals surface area contributed by atoms with Crippen LogP contribution in [0.5, 0.6) is 0 Å². The van der Waals surface area contributed by atoms with Crippen LogP contribution in [0, 0.1) is 30.0 Å². The number of rotatable bonds is 4. The summed E-state index contributed by atoms with van der Waals surface area (Å²) < 4.78 is 97.5. The van der Waals surface area contributed by atoms with Gasteiger partial charge in [-0.15, -0.1) is 0 Å². The minimum atomic E-state index is -5.37. The molecule has 2 aromatic carbocycles. The molecule has 0 bridgehead atoms. The number of oxime groups is 1. The summed E-state index contributed by atoms with van der Waals surface area (Å²) in [5, 5.41) is 14.3. The molecule has 13 heteroatoms. The molecule has 1 fully saturated rings. The average Bonchev–Trinajstić information content (AvgIpc) is 3.32. The van der Waals surface area contributed by atoms with E-state index in [1.807, 2.05) is 0 Å². The zero-order valence-corrected chi connectivity index (χ0v) is 21.1. The molecule has 4 rings (SSSR count). The second kappa shape index (κ2) is 10.3. The first-order valence-electron chi connectivity index (χ1n) is 11.9. The standard InChI is InChI=1S/C26H21ClF7N3O2/c1-13-7-15(5-6-18(13)23(38)36-17-4-2-3-14(8-17)12-35)21-11-24(39-37-21,26(32,33)34)19-9-16(25(29,30)31)10-20(27)22(19)28/h5-7,9-10,14,17H,2-4,8,11H2,1H3,(H,36,38)/t14-,17+,24-/m0/s1. The van der Waals surface area contributed by atoms with E-state index >= 15 is 0 Å². The number of hydrogen-bond acceptors (Lipinski definition) is 4. The molecule has 2 aromatic rings. The number of halogens is 8. The quantitative estimate of drug-likeness (QED) is 0.392. The van der Waals surface area contributed by atoms with Crippen molar-refractivity contribution in [3.8, 4) is 6.07 Å². The molecule has 0 aromatic heterocycles. The van der Waals surface area contributed by atoms with Crippen LogP contribution in [-0.4, -0.2) is 23.8 Å². The van der Waals surface area contributed by atoms with E-state index in [1.165, 1.54) is 18.2 Å². The predicted octanol–water partition coefficient (Wildman–Crippen LogP) is 7.20. The van der Waals surface area contributed by atoms with Crippen molar-refractivity contribution in [1.82, 2.24) is 5.32 Å². The minimum absolute atomic E-state index is 0.0218. The zero-order chi connectivity index (χ0) is 28.8. The third-order valence-corrected chi connectivity index (χ3v) is 7.25. The maximum Gasteiger partial charge on any atom is 0.435 e. The molecule has 1 saturated carbocycles. The maximum absolute atomic E-state index is 14.8. The molecule has 0 spiro atoms.